The Kier molecular flexibility index (Phi) is 5.06. The molecule has 0 atom stereocenters. The molecule has 0 bridgehead atoms. The van der Waals surface area contributed by atoms with Crippen LogP contribution in [0.4, 0.5) is 10.5 Å². The van der Waals surface area contributed by atoms with E-state index in [1.165, 1.54) is 0 Å². The lowest BCUT2D eigenvalue weighted by atomic mass is 10.1. The molecule has 3 rings (SSSR count). The monoisotopic (exact) mass is 337 g/mol. The van der Waals surface area contributed by atoms with Gasteiger partial charge in [-0.05, 0) is 30.2 Å². The van der Waals surface area contributed by atoms with Crippen molar-refractivity contribution in [3.8, 4) is 11.4 Å². The molecule has 0 aliphatic carbocycles. The number of carbonyl (C=O) groups excluding carboxylic acids is 1. The Hall–Kier alpha value is -3.19. The molecule has 0 saturated heterocycles. The summed E-state index contributed by atoms with van der Waals surface area (Å²) in [6.07, 6.45) is 0. The first-order chi connectivity index (χ1) is 12.2. The minimum absolute atomic E-state index is 0.0579. The van der Waals surface area contributed by atoms with Crippen LogP contribution >= 0.6 is 0 Å². The fourth-order valence-corrected chi connectivity index (χ4v) is 2.44. The molecule has 25 heavy (non-hydrogen) atoms. The van der Waals surface area contributed by atoms with Gasteiger partial charge in [0.05, 0.1) is 6.61 Å². The van der Waals surface area contributed by atoms with Crippen LogP contribution in [0.5, 0.6) is 0 Å². The number of urea groups is 1. The van der Waals surface area contributed by atoms with Crippen molar-refractivity contribution in [2.75, 3.05) is 5.32 Å². The maximum atomic E-state index is 12.1. The van der Waals surface area contributed by atoms with Crippen LogP contribution in [0, 0.1) is 6.92 Å². The molecule has 0 spiro atoms. The molecular formula is C18H19N5O2. The molecule has 7 heteroatoms. The van der Waals surface area contributed by atoms with Crippen LogP contribution in [0.15, 0.2) is 48.5 Å². The number of aliphatic hydroxyl groups is 1. The van der Waals surface area contributed by atoms with Crippen LogP contribution in [0.3, 0.4) is 0 Å². The molecule has 1 heterocycles. The Bertz CT molecular complexity index is 875. The van der Waals surface area contributed by atoms with Crippen molar-refractivity contribution in [3.05, 3.63) is 65.5 Å². The predicted octanol–water partition coefficient (Wildman–Crippen LogP) is 2.59. The van der Waals surface area contributed by atoms with Gasteiger partial charge < -0.3 is 15.7 Å². The molecule has 0 aliphatic heterocycles. The van der Waals surface area contributed by atoms with E-state index in [0.29, 0.717) is 18.1 Å². The first-order valence-electron chi connectivity index (χ1n) is 7.87. The van der Waals surface area contributed by atoms with Gasteiger partial charge in [0.2, 0.25) is 0 Å². The average molecular weight is 337 g/mol. The zero-order valence-corrected chi connectivity index (χ0v) is 13.8. The molecule has 0 saturated carbocycles. The Morgan fingerprint density at radius 2 is 1.96 bits per heavy atom. The Morgan fingerprint density at radius 1 is 1.16 bits per heavy atom. The quantitative estimate of drug-likeness (QED) is 0.574. The number of anilines is 1. The van der Waals surface area contributed by atoms with Crippen LogP contribution < -0.4 is 10.6 Å². The Balaban J connectivity index is 1.63. The van der Waals surface area contributed by atoms with Crippen molar-refractivity contribution in [1.29, 1.82) is 0 Å². The summed E-state index contributed by atoms with van der Waals surface area (Å²) >= 11 is 0. The molecule has 0 fully saturated rings. The van der Waals surface area contributed by atoms with E-state index in [9.17, 15) is 9.90 Å². The van der Waals surface area contributed by atoms with Crippen LogP contribution in [0.2, 0.25) is 0 Å². The Morgan fingerprint density at radius 3 is 2.68 bits per heavy atom. The summed E-state index contributed by atoms with van der Waals surface area (Å²) in [7, 11) is 0. The molecule has 0 radical (unpaired) electrons. The molecular weight excluding hydrogens is 318 g/mol. The molecule has 2 aromatic carbocycles. The van der Waals surface area contributed by atoms with Crippen molar-refractivity contribution in [3.63, 3.8) is 0 Å². The standard InChI is InChI=1S/C18H19N5O2/c1-12-20-17(23-22-12)13-7-4-8-16(9-13)21-18(25)19-10-14-5-2-3-6-15(14)11-24/h2-9,24H,10-11H2,1H3,(H2,19,21,25)(H,20,22,23). The highest BCUT2D eigenvalue weighted by Gasteiger charge is 2.07. The number of aromatic nitrogens is 3. The number of nitrogens with one attached hydrogen (secondary N) is 3. The number of amides is 2. The first kappa shape index (κ1) is 16.7. The summed E-state index contributed by atoms with van der Waals surface area (Å²) in [6, 6.07) is 14.4. The molecule has 3 aromatic rings. The summed E-state index contributed by atoms with van der Waals surface area (Å²) in [5.41, 5.74) is 3.13. The van der Waals surface area contributed by atoms with Gasteiger partial charge in [-0.25, -0.2) is 9.78 Å². The van der Waals surface area contributed by atoms with Gasteiger partial charge in [-0.2, -0.15) is 5.10 Å². The van der Waals surface area contributed by atoms with Gasteiger partial charge in [-0.1, -0.05) is 36.4 Å². The highest BCUT2D eigenvalue weighted by Crippen LogP contribution is 2.19. The van der Waals surface area contributed by atoms with Gasteiger partial charge in [0.25, 0.3) is 0 Å². The number of aryl methyl sites for hydroxylation is 1. The summed E-state index contributed by atoms with van der Waals surface area (Å²) in [5, 5.41) is 21.8. The number of hydrogen-bond acceptors (Lipinski definition) is 4. The molecule has 7 nitrogen and oxygen atoms in total. The van der Waals surface area contributed by atoms with E-state index in [4.69, 9.17) is 0 Å². The SMILES string of the molecule is Cc1nc(-c2cccc(NC(=O)NCc3ccccc3CO)c2)n[nH]1. The first-order valence-corrected chi connectivity index (χ1v) is 7.87. The van der Waals surface area contributed by atoms with E-state index >= 15 is 0 Å². The highest BCUT2D eigenvalue weighted by molar-refractivity contribution is 5.89. The van der Waals surface area contributed by atoms with Crippen LogP contribution in [-0.2, 0) is 13.2 Å². The van der Waals surface area contributed by atoms with Crippen molar-refractivity contribution in [2.24, 2.45) is 0 Å². The summed E-state index contributed by atoms with van der Waals surface area (Å²) in [6.45, 7) is 2.11. The van der Waals surface area contributed by atoms with Crippen LogP contribution in [0.1, 0.15) is 17.0 Å². The summed E-state index contributed by atoms with van der Waals surface area (Å²) in [5.74, 6) is 1.31. The zero-order valence-electron chi connectivity index (χ0n) is 13.8. The molecule has 0 unspecified atom stereocenters. The lowest BCUT2D eigenvalue weighted by molar-refractivity contribution is 0.251. The van der Waals surface area contributed by atoms with Crippen LogP contribution in [-0.4, -0.2) is 26.3 Å². The van der Waals surface area contributed by atoms with Gasteiger partial charge in [-0.3, -0.25) is 5.10 Å². The maximum absolute atomic E-state index is 12.1. The fourth-order valence-electron chi connectivity index (χ4n) is 2.44. The highest BCUT2D eigenvalue weighted by atomic mass is 16.3. The number of rotatable bonds is 5. The third-order valence-corrected chi connectivity index (χ3v) is 3.70. The van der Waals surface area contributed by atoms with Crippen molar-refractivity contribution < 1.29 is 9.90 Å². The van der Waals surface area contributed by atoms with E-state index < -0.39 is 0 Å². The van der Waals surface area contributed by atoms with E-state index in [1.807, 2.05) is 49.4 Å². The molecule has 2 amide bonds. The molecule has 4 N–H and O–H groups in total. The third-order valence-electron chi connectivity index (χ3n) is 3.70. The van der Waals surface area contributed by atoms with E-state index in [2.05, 4.69) is 25.8 Å². The normalized spacial score (nSPS) is 10.5. The second kappa shape index (κ2) is 7.59. The number of carbonyl (C=O) groups is 1. The lowest BCUT2D eigenvalue weighted by Crippen LogP contribution is -2.28. The van der Waals surface area contributed by atoms with Crippen molar-refractivity contribution in [1.82, 2.24) is 20.5 Å². The number of nitrogens with zero attached hydrogens (tertiary/aromatic N) is 2. The third kappa shape index (κ3) is 4.21. The average Bonchev–Trinajstić information content (AvgIpc) is 3.07. The van der Waals surface area contributed by atoms with Gasteiger partial charge in [0.15, 0.2) is 5.82 Å². The van der Waals surface area contributed by atoms with Crippen molar-refractivity contribution >= 4 is 11.7 Å². The summed E-state index contributed by atoms with van der Waals surface area (Å²) < 4.78 is 0. The topological polar surface area (TPSA) is 103 Å². The number of benzene rings is 2. The minimum atomic E-state index is -0.323. The van der Waals surface area contributed by atoms with E-state index in [-0.39, 0.29) is 12.6 Å². The Labute approximate surface area is 145 Å². The van der Waals surface area contributed by atoms with E-state index in [1.54, 1.807) is 6.07 Å². The zero-order chi connectivity index (χ0) is 17.6. The predicted molar refractivity (Wildman–Crippen MR) is 94.8 cm³/mol. The van der Waals surface area contributed by atoms with Gasteiger partial charge in [0.1, 0.15) is 5.82 Å². The maximum Gasteiger partial charge on any atom is 0.319 e. The van der Waals surface area contributed by atoms with Gasteiger partial charge >= 0.3 is 6.03 Å². The number of aromatic amines is 1. The molecule has 0 aliphatic rings. The van der Waals surface area contributed by atoms with Gasteiger partial charge in [-0.15, -0.1) is 0 Å². The largest absolute Gasteiger partial charge is 0.392 e. The van der Waals surface area contributed by atoms with Crippen molar-refractivity contribution in [2.45, 2.75) is 20.1 Å². The van der Waals surface area contributed by atoms with Crippen LogP contribution in [0.25, 0.3) is 11.4 Å². The number of hydrogen-bond donors (Lipinski definition) is 4. The van der Waals surface area contributed by atoms with Gasteiger partial charge in [0, 0.05) is 17.8 Å². The minimum Gasteiger partial charge on any atom is -0.392 e. The fraction of sp³-hybridized carbons (Fsp3) is 0.167. The lowest BCUT2D eigenvalue weighted by Gasteiger charge is -2.10. The smallest absolute Gasteiger partial charge is 0.319 e. The number of H-pyrrole nitrogens is 1. The van der Waals surface area contributed by atoms with E-state index in [0.717, 1.165) is 22.5 Å². The number of aliphatic hydroxyl groups excluding tert-OH is 1. The second-order valence-electron chi connectivity index (χ2n) is 5.56. The second-order valence-corrected chi connectivity index (χ2v) is 5.56. The summed E-state index contributed by atoms with van der Waals surface area (Å²) in [4.78, 5) is 16.4. The molecule has 128 valence electrons. The molecule has 1 aromatic heterocycles.